The van der Waals surface area contributed by atoms with E-state index in [4.69, 9.17) is 0 Å². The van der Waals surface area contributed by atoms with Crippen molar-refractivity contribution in [1.29, 1.82) is 0 Å². The molecule has 0 saturated heterocycles. The van der Waals surface area contributed by atoms with Crippen molar-refractivity contribution in [3.05, 3.63) is 84.2 Å². The van der Waals surface area contributed by atoms with E-state index in [-0.39, 0.29) is 5.78 Å². The van der Waals surface area contributed by atoms with Crippen molar-refractivity contribution in [1.82, 2.24) is 15.4 Å². The van der Waals surface area contributed by atoms with Gasteiger partial charge in [0.2, 0.25) is 0 Å². The summed E-state index contributed by atoms with van der Waals surface area (Å²) in [4.78, 5) is 11.8. The summed E-state index contributed by atoms with van der Waals surface area (Å²) >= 11 is 0. The number of hydrogen-bond donors (Lipinski definition) is 1. The lowest BCUT2D eigenvalue weighted by molar-refractivity contribution is 0.103. The van der Waals surface area contributed by atoms with Gasteiger partial charge in [-0.25, -0.2) is 0 Å². The predicted molar refractivity (Wildman–Crippen MR) is 72.7 cm³/mol. The van der Waals surface area contributed by atoms with Crippen LogP contribution in [-0.2, 0) is 0 Å². The van der Waals surface area contributed by atoms with Gasteiger partial charge in [-0.2, -0.15) is 15.4 Å². The summed E-state index contributed by atoms with van der Waals surface area (Å²) in [5.74, 6) is 0.0752. The third-order valence-corrected chi connectivity index (χ3v) is 2.40. The molecule has 1 aromatic heterocycles. The Balaban J connectivity index is 0.000000224. The fraction of sp³-hybridized carbons (Fsp3) is 0. The minimum Gasteiger partial charge on any atom is -0.289 e. The number of nitrogens with zero attached hydrogens (tertiary/aromatic N) is 2. The fourth-order valence-electron chi connectivity index (χ4n) is 1.51. The molecular weight excluding hydrogens is 238 g/mol. The van der Waals surface area contributed by atoms with Crippen molar-refractivity contribution < 1.29 is 4.79 Å². The van der Waals surface area contributed by atoms with Crippen LogP contribution in [0.1, 0.15) is 15.9 Å². The third kappa shape index (κ3) is 3.89. The van der Waals surface area contributed by atoms with Crippen molar-refractivity contribution in [2.75, 3.05) is 0 Å². The minimum absolute atomic E-state index is 0.0752. The van der Waals surface area contributed by atoms with Crippen LogP contribution in [0.2, 0.25) is 0 Å². The van der Waals surface area contributed by atoms with Gasteiger partial charge in [0.25, 0.3) is 0 Å². The van der Waals surface area contributed by atoms with Crippen molar-refractivity contribution in [2.24, 2.45) is 0 Å². The summed E-state index contributed by atoms with van der Waals surface area (Å²) in [6.07, 6.45) is 3.17. The Morgan fingerprint density at radius 3 is 1.47 bits per heavy atom. The first-order valence-electron chi connectivity index (χ1n) is 5.82. The van der Waals surface area contributed by atoms with Crippen LogP contribution in [-0.4, -0.2) is 21.2 Å². The molecule has 1 N–H and O–H groups in total. The van der Waals surface area contributed by atoms with Crippen LogP contribution in [0.4, 0.5) is 0 Å². The lowest BCUT2D eigenvalue weighted by Gasteiger charge is -1.99. The zero-order valence-corrected chi connectivity index (χ0v) is 10.2. The number of ketones is 1. The number of aromatic nitrogens is 3. The van der Waals surface area contributed by atoms with Crippen molar-refractivity contribution in [3.8, 4) is 0 Å². The molecule has 0 bridgehead atoms. The summed E-state index contributed by atoms with van der Waals surface area (Å²) in [5, 5.41) is 9.33. The van der Waals surface area contributed by atoms with Crippen LogP contribution in [0.5, 0.6) is 0 Å². The average molecular weight is 251 g/mol. The second-order valence-electron chi connectivity index (χ2n) is 3.72. The van der Waals surface area contributed by atoms with Gasteiger partial charge in [-0.1, -0.05) is 60.7 Å². The summed E-state index contributed by atoms with van der Waals surface area (Å²) in [5.41, 5.74) is 1.47. The highest BCUT2D eigenvalue weighted by atomic mass is 16.1. The molecule has 3 aromatic rings. The molecular formula is C15H13N3O. The van der Waals surface area contributed by atoms with Gasteiger partial charge in [-0.05, 0) is 0 Å². The van der Waals surface area contributed by atoms with Gasteiger partial charge < -0.3 is 0 Å². The zero-order valence-electron chi connectivity index (χ0n) is 10.2. The number of aromatic amines is 1. The quantitative estimate of drug-likeness (QED) is 0.712. The van der Waals surface area contributed by atoms with E-state index in [0.717, 1.165) is 11.1 Å². The zero-order chi connectivity index (χ0) is 13.3. The normalized spacial score (nSPS) is 9.26. The molecule has 0 saturated carbocycles. The first kappa shape index (κ1) is 12.7. The molecule has 0 fully saturated rings. The molecule has 1 heterocycles. The second-order valence-corrected chi connectivity index (χ2v) is 3.72. The van der Waals surface area contributed by atoms with Gasteiger partial charge >= 0.3 is 0 Å². The fourth-order valence-corrected chi connectivity index (χ4v) is 1.51. The van der Waals surface area contributed by atoms with E-state index in [1.165, 1.54) is 0 Å². The largest absolute Gasteiger partial charge is 0.289 e. The summed E-state index contributed by atoms with van der Waals surface area (Å²) < 4.78 is 0. The van der Waals surface area contributed by atoms with Crippen molar-refractivity contribution >= 4 is 5.78 Å². The number of carbonyl (C=O) groups is 1. The van der Waals surface area contributed by atoms with Gasteiger partial charge in [0.1, 0.15) is 0 Å². The average Bonchev–Trinajstić information content (AvgIpc) is 3.08. The van der Waals surface area contributed by atoms with Crippen molar-refractivity contribution in [3.63, 3.8) is 0 Å². The Hall–Kier alpha value is -2.75. The first-order chi connectivity index (χ1) is 9.38. The Kier molecular flexibility index (Phi) is 4.58. The predicted octanol–water partition coefficient (Wildman–Crippen LogP) is 2.72. The highest BCUT2D eigenvalue weighted by molar-refractivity contribution is 6.08. The number of nitrogens with one attached hydrogen (secondary N) is 1. The van der Waals surface area contributed by atoms with E-state index in [1.54, 1.807) is 12.4 Å². The molecule has 94 valence electrons. The molecule has 19 heavy (non-hydrogen) atoms. The van der Waals surface area contributed by atoms with Crippen LogP contribution < -0.4 is 0 Å². The van der Waals surface area contributed by atoms with Crippen LogP contribution >= 0.6 is 0 Å². The molecule has 0 aliphatic heterocycles. The molecule has 4 heteroatoms. The Bertz CT molecular complexity index is 533. The third-order valence-electron chi connectivity index (χ3n) is 2.40. The molecule has 0 aliphatic rings. The number of benzene rings is 2. The molecule has 0 amide bonds. The molecule has 4 nitrogen and oxygen atoms in total. The van der Waals surface area contributed by atoms with Gasteiger partial charge in [-0.15, -0.1) is 0 Å². The summed E-state index contributed by atoms with van der Waals surface area (Å²) in [6, 6.07) is 18.6. The Morgan fingerprint density at radius 2 is 1.16 bits per heavy atom. The minimum atomic E-state index is 0.0752. The highest BCUT2D eigenvalue weighted by Gasteiger charge is 2.06. The maximum Gasteiger partial charge on any atom is 0.193 e. The number of carbonyl (C=O) groups excluding carboxylic acids is 1. The molecule has 0 unspecified atom stereocenters. The van der Waals surface area contributed by atoms with Crippen LogP contribution in [0.15, 0.2) is 73.1 Å². The standard InChI is InChI=1S/C13H10O.C2H3N3/c14-13(11-7-3-1-4-8-11)12-9-5-2-6-10-12;1-2-4-5-3-1/h1-10H;1-2H,(H,3,4,5). The monoisotopic (exact) mass is 251 g/mol. The maximum absolute atomic E-state index is 11.8. The first-order valence-corrected chi connectivity index (χ1v) is 5.82. The van der Waals surface area contributed by atoms with Gasteiger partial charge in [0, 0.05) is 11.1 Å². The Morgan fingerprint density at radius 1 is 0.737 bits per heavy atom. The van der Waals surface area contributed by atoms with E-state index in [2.05, 4.69) is 15.4 Å². The SMILES string of the molecule is O=C(c1ccccc1)c1ccccc1.c1cn[nH]n1. The summed E-state index contributed by atoms with van der Waals surface area (Å²) in [6.45, 7) is 0. The van der Waals surface area contributed by atoms with E-state index >= 15 is 0 Å². The lowest BCUT2D eigenvalue weighted by Crippen LogP contribution is -1.99. The van der Waals surface area contributed by atoms with E-state index in [1.807, 2.05) is 60.7 Å². The molecule has 0 atom stereocenters. The van der Waals surface area contributed by atoms with E-state index < -0.39 is 0 Å². The number of H-pyrrole nitrogens is 1. The molecule has 2 aromatic carbocycles. The highest BCUT2D eigenvalue weighted by Crippen LogP contribution is 2.08. The van der Waals surface area contributed by atoms with Gasteiger partial charge in [0.15, 0.2) is 5.78 Å². The van der Waals surface area contributed by atoms with Gasteiger partial charge in [0.05, 0.1) is 12.4 Å². The van der Waals surface area contributed by atoms with E-state index in [9.17, 15) is 4.79 Å². The Labute approximate surface area is 111 Å². The summed E-state index contributed by atoms with van der Waals surface area (Å²) in [7, 11) is 0. The topological polar surface area (TPSA) is 58.6 Å². The van der Waals surface area contributed by atoms with E-state index in [0.29, 0.717) is 0 Å². The maximum atomic E-state index is 11.8. The van der Waals surface area contributed by atoms with Gasteiger partial charge in [-0.3, -0.25) is 4.79 Å². The van der Waals surface area contributed by atoms with Crippen molar-refractivity contribution in [2.45, 2.75) is 0 Å². The molecule has 0 radical (unpaired) electrons. The van der Waals surface area contributed by atoms with Crippen LogP contribution in [0, 0.1) is 0 Å². The lowest BCUT2D eigenvalue weighted by atomic mass is 10.0. The molecule has 3 rings (SSSR count). The number of hydrogen-bond acceptors (Lipinski definition) is 3. The van der Waals surface area contributed by atoms with Crippen LogP contribution in [0.3, 0.4) is 0 Å². The smallest absolute Gasteiger partial charge is 0.193 e. The molecule has 0 aliphatic carbocycles. The second kappa shape index (κ2) is 6.86. The number of rotatable bonds is 2. The van der Waals surface area contributed by atoms with Crippen LogP contribution in [0.25, 0.3) is 0 Å². The molecule has 0 spiro atoms.